The molecule has 0 bridgehead atoms. The van der Waals surface area contributed by atoms with Gasteiger partial charge in [0.25, 0.3) is 5.91 Å². The van der Waals surface area contributed by atoms with Crippen molar-refractivity contribution in [1.82, 2.24) is 15.1 Å². The summed E-state index contributed by atoms with van der Waals surface area (Å²) in [5, 5.41) is 6.83. The number of carbonyl (C=O) groups excluding carboxylic acids is 1. The lowest BCUT2D eigenvalue weighted by Gasteiger charge is -2.14. The van der Waals surface area contributed by atoms with E-state index in [1.807, 2.05) is 39.8 Å². The third-order valence-corrected chi connectivity index (χ3v) is 5.38. The predicted octanol–water partition coefficient (Wildman–Crippen LogP) is 5.76. The van der Waals surface area contributed by atoms with Crippen molar-refractivity contribution >= 4 is 22.6 Å². The highest BCUT2D eigenvalue weighted by Gasteiger charge is 2.35. The maximum atomic E-state index is 13.0. The number of allylic oxidation sites excluding steroid dienone is 2. The smallest absolute Gasteiger partial charge is 0.348 e. The first-order valence-electron chi connectivity index (χ1n) is 9.68. The molecule has 1 aromatic carbocycles. The van der Waals surface area contributed by atoms with Crippen molar-refractivity contribution in [3.8, 4) is 0 Å². The highest BCUT2D eigenvalue weighted by molar-refractivity contribution is 8.12. The van der Waals surface area contributed by atoms with Crippen LogP contribution in [0.5, 0.6) is 0 Å². The molecule has 0 spiro atoms. The Morgan fingerprint density at radius 2 is 1.77 bits per heavy atom. The molecule has 4 nitrogen and oxygen atoms in total. The number of alkyl halides is 3. The molecule has 0 unspecified atom stereocenters. The average Bonchev–Trinajstić information content (AvgIpc) is 3.09. The van der Waals surface area contributed by atoms with Gasteiger partial charge in [-0.05, 0) is 31.9 Å². The number of carbonyl (C=O) groups is 1. The number of nitrogens with one attached hydrogen (secondary N) is 1. The number of halogens is 3. The van der Waals surface area contributed by atoms with E-state index in [1.165, 1.54) is 7.05 Å². The Labute approximate surface area is 179 Å². The van der Waals surface area contributed by atoms with Gasteiger partial charge < -0.3 is 5.32 Å². The number of aromatic nitrogens is 2. The quantitative estimate of drug-likeness (QED) is 0.662. The topological polar surface area (TPSA) is 46.9 Å². The van der Waals surface area contributed by atoms with Crippen molar-refractivity contribution in [1.29, 1.82) is 0 Å². The van der Waals surface area contributed by atoms with Gasteiger partial charge in [0.05, 0.1) is 10.6 Å². The zero-order valence-electron chi connectivity index (χ0n) is 17.7. The van der Waals surface area contributed by atoms with Gasteiger partial charge in [-0.15, -0.1) is 0 Å². The summed E-state index contributed by atoms with van der Waals surface area (Å²) >= 11 is 1.13. The summed E-state index contributed by atoms with van der Waals surface area (Å²) < 4.78 is 39.8. The van der Waals surface area contributed by atoms with Gasteiger partial charge in [-0.25, -0.2) is 0 Å². The van der Waals surface area contributed by atoms with Crippen LogP contribution in [0.1, 0.15) is 48.3 Å². The summed E-state index contributed by atoms with van der Waals surface area (Å²) in [7, 11) is 1.26. The third-order valence-electron chi connectivity index (χ3n) is 4.21. The standard InChI is InChI=1S/C20H20F3N3OS.C2H6/c1-12-7-13(2)9-14(8-12)11-24-19(27)17-6-4-5-16(28-17)15-10-18(20(21,22)23)26(3)25-15;1-2/h5-10H,4,11H2,1-3H3,(H,24,27);1-2H3. The van der Waals surface area contributed by atoms with Gasteiger partial charge in [-0.2, -0.15) is 18.3 Å². The molecule has 162 valence electrons. The van der Waals surface area contributed by atoms with Crippen molar-refractivity contribution in [2.45, 2.75) is 46.8 Å². The van der Waals surface area contributed by atoms with E-state index in [0.29, 0.717) is 22.8 Å². The first-order chi connectivity index (χ1) is 14.1. The molecule has 0 saturated heterocycles. The van der Waals surface area contributed by atoms with E-state index in [-0.39, 0.29) is 11.6 Å². The van der Waals surface area contributed by atoms with E-state index in [0.717, 1.165) is 39.2 Å². The van der Waals surface area contributed by atoms with Gasteiger partial charge in [-0.3, -0.25) is 9.48 Å². The Balaban J connectivity index is 0.00000155. The Kier molecular flexibility index (Phi) is 7.95. The van der Waals surface area contributed by atoms with Crippen LogP contribution in [-0.2, 0) is 24.6 Å². The minimum absolute atomic E-state index is 0.215. The molecule has 0 atom stereocenters. The largest absolute Gasteiger partial charge is 0.433 e. The molecular weight excluding hydrogens is 411 g/mol. The summed E-state index contributed by atoms with van der Waals surface area (Å²) in [6, 6.07) is 7.08. The molecule has 1 aliphatic rings. The molecule has 2 heterocycles. The molecule has 1 aliphatic heterocycles. The maximum Gasteiger partial charge on any atom is 0.433 e. The normalized spacial score (nSPS) is 13.7. The second kappa shape index (κ2) is 10.0. The van der Waals surface area contributed by atoms with E-state index < -0.39 is 11.9 Å². The Morgan fingerprint density at radius 3 is 2.33 bits per heavy atom. The second-order valence-corrected chi connectivity index (χ2v) is 7.77. The van der Waals surface area contributed by atoms with Gasteiger partial charge in [0.2, 0.25) is 0 Å². The highest BCUT2D eigenvalue weighted by Crippen LogP contribution is 2.39. The van der Waals surface area contributed by atoms with Gasteiger partial charge in [0.15, 0.2) is 0 Å². The van der Waals surface area contributed by atoms with E-state index >= 15 is 0 Å². The fourth-order valence-corrected chi connectivity index (χ4v) is 4.03. The lowest BCUT2D eigenvalue weighted by molar-refractivity contribution is -0.143. The van der Waals surface area contributed by atoms with Gasteiger partial charge in [0.1, 0.15) is 5.69 Å². The van der Waals surface area contributed by atoms with Crippen LogP contribution in [-0.4, -0.2) is 15.7 Å². The van der Waals surface area contributed by atoms with E-state index in [4.69, 9.17) is 0 Å². The molecule has 1 aromatic heterocycles. The van der Waals surface area contributed by atoms with E-state index in [9.17, 15) is 18.0 Å². The van der Waals surface area contributed by atoms with Crippen molar-refractivity contribution in [2.75, 3.05) is 0 Å². The average molecular weight is 438 g/mol. The molecule has 0 aliphatic carbocycles. The number of thioether (sulfide) groups is 1. The lowest BCUT2D eigenvalue weighted by Crippen LogP contribution is -2.24. The van der Waals surface area contributed by atoms with Crippen molar-refractivity contribution in [3.63, 3.8) is 0 Å². The molecule has 1 N–H and O–H groups in total. The van der Waals surface area contributed by atoms with Gasteiger partial charge in [-0.1, -0.05) is 67.1 Å². The monoisotopic (exact) mass is 437 g/mol. The van der Waals surface area contributed by atoms with Crippen molar-refractivity contribution in [3.05, 3.63) is 69.4 Å². The molecule has 3 rings (SSSR count). The summed E-state index contributed by atoms with van der Waals surface area (Å²) in [5.74, 6) is -0.248. The lowest BCUT2D eigenvalue weighted by atomic mass is 10.1. The van der Waals surface area contributed by atoms with E-state index in [2.05, 4.69) is 16.5 Å². The van der Waals surface area contributed by atoms with Crippen LogP contribution in [0.25, 0.3) is 4.91 Å². The van der Waals surface area contributed by atoms with Crippen LogP contribution in [0.2, 0.25) is 0 Å². The minimum atomic E-state index is -4.47. The summed E-state index contributed by atoms with van der Waals surface area (Å²) in [6.07, 6.45) is -0.471. The summed E-state index contributed by atoms with van der Waals surface area (Å²) in [4.78, 5) is 13.5. The fraction of sp³-hybridized carbons (Fsp3) is 0.364. The number of hydrogen-bond acceptors (Lipinski definition) is 3. The van der Waals surface area contributed by atoms with Crippen molar-refractivity contribution < 1.29 is 18.0 Å². The van der Waals surface area contributed by atoms with Gasteiger partial charge >= 0.3 is 6.18 Å². The molecule has 8 heteroatoms. The maximum absolute atomic E-state index is 13.0. The molecule has 0 fully saturated rings. The van der Waals surface area contributed by atoms with Crippen molar-refractivity contribution in [2.24, 2.45) is 7.05 Å². The molecule has 0 radical (unpaired) electrons. The molecule has 0 saturated carbocycles. The number of benzene rings is 1. The molecule has 1 amide bonds. The van der Waals surface area contributed by atoms with Crippen LogP contribution < -0.4 is 5.32 Å². The van der Waals surface area contributed by atoms with Crippen LogP contribution in [0.15, 0.2) is 41.3 Å². The van der Waals surface area contributed by atoms with Crippen LogP contribution in [0.4, 0.5) is 13.2 Å². The highest BCUT2D eigenvalue weighted by atomic mass is 32.2. The van der Waals surface area contributed by atoms with Gasteiger partial charge in [0, 0.05) is 18.5 Å². The number of rotatable bonds is 4. The first kappa shape index (κ1) is 23.8. The summed E-state index contributed by atoms with van der Waals surface area (Å²) in [5.41, 5.74) is 2.64. The van der Waals surface area contributed by atoms with Crippen LogP contribution >= 0.6 is 11.8 Å². The molecule has 2 aromatic rings. The Morgan fingerprint density at radius 1 is 1.13 bits per heavy atom. The fourth-order valence-electron chi connectivity index (χ4n) is 3.06. The molecule has 30 heavy (non-hydrogen) atoms. The van der Waals surface area contributed by atoms with Crippen LogP contribution in [0, 0.1) is 13.8 Å². The number of aryl methyl sites for hydroxylation is 3. The second-order valence-electron chi connectivity index (χ2n) is 6.69. The number of amides is 1. The SMILES string of the molecule is CC.Cc1cc(C)cc(CNC(=O)C2=CCC=C(c3cc(C(F)(F)F)n(C)n3)S2)c1. The third kappa shape index (κ3) is 6.01. The summed E-state index contributed by atoms with van der Waals surface area (Å²) in [6.45, 7) is 8.38. The zero-order chi connectivity index (χ0) is 22.5. The minimum Gasteiger partial charge on any atom is -0.348 e. The zero-order valence-corrected chi connectivity index (χ0v) is 18.5. The number of nitrogens with zero attached hydrogens (tertiary/aromatic N) is 2. The van der Waals surface area contributed by atoms with Crippen LogP contribution in [0.3, 0.4) is 0 Å². The van der Waals surface area contributed by atoms with E-state index in [1.54, 1.807) is 12.2 Å². The number of hydrogen-bond donors (Lipinski definition) is 1. The Hall–Kier alpha value is -2.48. The first-order valence-corrected chi connectivity index (χ1v) is 10.5. The molecular formula is C22H26F3N3OS. The predicted molar refractivity (Wildman–Crippen MR) is 116 cm³/mol. The Bertz CT molecular complexity index is 954.